The highest BCUT2D eigenvalue weighted by Crippen LogP contribution is 2.40. The fourth-order valence-electron chi connectivity index (χ4n) is 4.36. The maximum Gasteiger partial charge on any atom is 0.264 e. The summed E-state index contributed by atoms with van der Waals surface area (Å²) in [7, 11) is -4.03. The molecule has 0 radical (unpaired) electrons. The number of nitrogens with zero attached hydrogens (tertiary/aromatic N) is 1. The maximum atomic E-state index is 13.7. The van der Waals surface area contributed by atoms with Crippen molar-refractivity contribution in [3.05, 3.63) is 88.4 Å². The van der Waals surface area contributed by atoms with Gasteiger partial charge in [0.2, 0.25) is 5.91 Å². The summed E-state index contributed by atoms with van der Waals surface area (Å²) in [4.78, 5) is 13.5. The molecule has 3 aromatic carbocycles. The van der Waals surface area contributed by atoms with Crippen LogP contribution in [0.3, 0.4) is 0 Å². The van der Waals surface area contributed by atoms with Gasteiger partial charge in [0.25, 0.3) is 10.0 Å². The van der Waals surface area contributed by atoms with E-state index in [1.165, 1.54) is 12.1 Å². The Morgan fingerprint density at radius 1 is 1.09 bits per heavy atom. The number of hydrogen-bond donors (Lipinski definition) is 1. The lowest BCUT2D eigenvalue weighted by molar-refractivity contribution is -0.120. The van der Waals surface area contributed by atoms with Crippen LogP contribution >= 0.6 is 11.6 Å². The standard InChI is InChI=1S/C27H29ClN2O4S/c1-18-13-14-25-21(15-18)23(16-27(3,4)34-25)29-26(31)17-30(24-12-8-11-22(28)19(24)2)35(32,33)20-9-6-5-7-10-20/h5-15,23H,16-17H2,1-4H3,(H,29,31). The molecule has 1 atom stereocenters. The van der Waals surface area contributed by atoms with Gasteiger partial charge >= 0.3 is 0 Å². The van der Waals surface area contributed by atoms with Gasteiger partial charge in [-0.15, -0.1) is 0 Å². The minimum absolute atomic E-state index is 0.0975. The summed E-state index contributed by atoms with van der Waals surface area (Å²) in [5.74, 6) is 0.302. The molecule has 0 aromatic heterocycles. The molecular weight excluding hydrogens is 484 g/mol. The molecule has 1 aliphatic rings. The van der Waals surface area contributed by atoms with Crippen molar-refractivity contribution < 1.29 is 17.9 Å². The molecule has 4 rings (SSSR count). The Morgan fingerprint density at radius 3 is 2.51 bits per heavy atom. The Hall–Kier alpha value is -3.03. The first-order valence-corrected chi connectivity index (χ1v) is 13.2. The van der Waals surface area contributed by atoms with Crippen LogP contribution in [0, 0.1) is 13.8 Å². The molecular formula is C27H29ClN2O4S. The number of fused-ring (bicyclic) bond motifs is 1. The number of ether oxygens (including phenoxy) is 1. The van der Waals surface area contributed by atoms with Crippen molar-refractivity contribution in [1.29, 1.82) is 0 Å². The summed E-state index contributed by atoms with van der Waals surface area (Å²) in [6.07, 6.45) is 0.552. The van der Waals surface area contributed by atoms with Gasteiger partial charge in [-0.1, -0.05) is 53.6 Å². The van der Waals surface area contributed by atoms with E-state index < -0.39 is 28.1 Å². The zero-order chi connectivity index (χ0) is 25.4. The van der Waals surface area contributed by atoms with Crippen molar-refractivity contribution in [3.8, 4) is 5.75 Å². The normalized spacial score (nSPS) is 16.7. The van der Waals surface area contributed by atoms with Gasteiger partial charge in [-0.25, -0.2) is 8.42 Å². The second kappa shape index (κ2) is 9.55. The summed E-state index contributed by atoms with van der Waals surface area (Å²) in [5, 5.41) is 3.48. The van der Waals surface area contributed by atoms with E-state index in [1.807, 2.05) is 39.0 Å². The molecule has 8 heteroatoms. The quantitative estimate of drug-likeness (QED) is 0.468. The molecule has 0 aliphatic carbocycles. The number of sulfonamides is 1. The van der Waals surface area contributed by atoms with Gasteiger partial charge in [-0.2, -0.15) is 0 Å². The van der Waals surface area contributed by atoms with E-state index in [1.54, 1.807) is 43.3 Å². The fraction of sp³-hybridized carbons (Fsp3) is 0.296. The number of halogens is 1. The highest BCUT2D eigenvalue weighted by Gasteiger charge is 2.36. The van der Waals surface area contributed by atoms with Crippen LogP contribution in [0.25, 0.3) is 0 Å². The third-order valence-electron chi connectivity index (χ3n) is 6.08. The summed E-state index contributed by atoms with van der Waals surface area (Å²) in [6, 6.07) is 18.7. The molecule has 0 spiro atoms. The molecule has 1 unspecified atom stereocenters. The molecule has 0 fully saturated rings. The third kappa shape index (κ3) is 5.31. The van der Waals surface area contributed by atoms with Gasteiger partial charge in [-0.05, 0) is 63.6 Å². The van der Waals surface area contributed by atoms with Crippen LogP contribution in [0.4, 0.5) is 5.69 Å². The number of rotatable bonds is 6. The monoisotopic (exact) mass is 512 g/mol. The minimum Gasteiger partial charge on any atom is -0.487 e. The van der Waals surface area contributed by atoms with Gasteiger partial charge in [-0.3, -0.25) is 9.10 Å². The number of hydrogen-bond acceptors (Lipinski definition) is 4. The lowest BCUT2D eigenvalue weighted by Crippen LogP contribution is -2.45. The molecule has 1 heterocycles. The van der Waals surface area contributed by atoms with Crippen molar-refractivity contribution >= 4 is 33.2 Å². The first-order chi connectivity index (χ1) is 16.5. The molecule has 0 saturated heterocycles. The highest BCUT2D eigenvalue weighted by atomic mass is 35.5. The largest absolute Gasteiger partial charge is 0.487 e. The smallest absolute Gasteiger partial charge is 0.264 e. The van der Waals surface area contributed by atoms with E-state index in [0.29, 0.717) is 22.7 Å². The van der Waals surface area contributed by atoms with Gasteiger partial charge in [0.05, 0.1) is 16.6 Å². The van der Waals surface area contributed by atoms with E-state index in [4.69, 9.17) is 16.3 Å². The molecule has 0 bridgehead atoms. The molecule has 184 valence electrons. The van der Waals surface area contributed by atoms with Crippen LogP contribution < -0.4 is 14.4 Å². The van der Waals surface area contributed by atoms with Gasteiger partial charge < -0.3 is 10.1 Å². The minimum atomic E-state index is -4.03. The Balaban J connectivity index is 1.69. The van der Waals surface area contributed by atoms with Crippen molar-refractivity contribution in [3.63, 3.8) is 0 Å². The molecule has 0 saturated carbocycles. The summed E-state index contributed by atoms with van der Waals surface area (Å²) >= 11 is 6.31. The lowest BCUT2D eigenvalue weighted by Gasteiger charge is -2.38. The van der Waals surface area contributed by atoms with E-state index in [9.17, 15) is 13.2 Å². The van der Waals surface area contributed by atoms with Crippen molar-refractivity contribution in [2.45, 2.75) is 50.7 Å². The lowest BCUT2D eigenvalue weighted by atomic mass is 9.89. The highest BCUT2D eigenvalue weighted by molar-refractivity contribution is 7.92. The number of nitrogens with one attached hydrogen (secondary N) is 1. The Labute approximate surface area is 211 Å². The van der Waals surface area contributed by atoms with Crippen LogP contribution in [0.1, 0.15) is 43.0 Å². The van der Waals surface area contributed by atoms with Gasteiger partial charge in [0, 0.05) is 17.0 Å². The summed E-state index contributed by atoms with van der Waals surface area (Å²) in [5.41, 5.74) is 2.39. The second-order valence-electron chi connectivity index (χ2n) is 9.44. The molecule has 6 nitrogen and oxygen atoms in total. The second-order valence-corrected chi connectivity index (χ2v) is 11.7. The first kappa shape index (κ1) is 25.1. The third-order valence-corrected chi connectivity index (χ3v) is 8.27. The van der Waals surface area contributed by atoms with Crippen LogP contribution in [0.2, 0.25) is 5.02 Å². The molecule has 35 heavy (non-hydrogen) atoms. The molecule has 3 aromatic rings. The number of aryl methyl sites for hydroxylation is 1. The molecule has 1 amide bonds. The molecule has 1 N–H and O–H groups in total. The number of carbonyl (C=O) groups excluding carboxylic acids is 1. The van der Waals surface area contributed by atoms with E-state index >= 15 is 0 Å². The predicted octanol–water partition coefficient (Wildman–Crippen LogP) is 5.57. The van der Waals surface area contributed by atoms with Crippen molar-refractivity contribution in [2.24, 2.45) is 0 Å². The number of benzene rings is 3. The van der Waals surface area contributed by atoms with Crippen molar-refractivity contribution in [1.82, 2.24) is 5.32 Å². The van der Waals surface area contributed by atoms with Gasteiger partial charge in [0.1, 0.15) is 17.9 Å². The number of amides is 1. The topological polar surface area (TPSA) is 75.7 Å². The number of carbonyl (C=O) groups is 1. The fourth-order valence-corrected chi connectivity index (χ4v) is 6.03. The SMILES string of the molecule is Cc1ccc2c(c1)C(NC(=O)CN(c1cccc(Cl)c1C)S(=O)(=O)c1ccccc1)CC(C)(C)O2. The Kier molecular flexibility index (Phi) is 6.84. The predicted molar refractivity (Wildman–Crippen MR) is 139 cm³/mol. The van der Waals surface area contributed by atoms with Crippen LogP contribution in [-0.2, 0) is 14.8 Å². The maximum absolute atomic E-state index is 13.7. The van der Waals surface area contributed by atoms with Crippen LogP contribution in [0.5, 0.6) is 5.75 Å². The molecule has 1 aliphatic heterocycles. The van der Waals surface area contributed by atoms with Crippen LogP contribution in [0.15, 0.2) is 71.6 Å². The van der Waals surface area contributed by atoms with Gasteiger partial charge in [0.15, 0.2) is 0 Å². The Bertz CT molecular complexity index is 1360. The van der Waals surface area contributed by atoms with E-state index in [-0.39, 0.29) is 10.9 Å². The van der Waals surface area contributed by atoms with Crippen LogP contribution in [-0.4, -0.2) is 26.5 Å². The summed E-state index contributed by atoms with van der Waals surface area (Å²) in [6.45, 7) is 7.27. The average molecular weight is 513 g/mol. The summed E-state index contributed by atoms with van der Waals surface area (Å²) < 4.78 is 34.5. The van der Waals surface area contributed by atoms with Crippen molar-refractivity contribution in [2.75, 3.05) is 10.8 Å². The zero-order valence-electron chi connectivity index (χ0n) is 20.2. The van der Waals surface area contributed by atoms with E-state index in [0.717, 1.165) is 21.2 Å². The first-order valence-electron chi connectivity index (χ1n) is 11.4. The number of anilines is 1. The average Bonchev–Trinajstić information content (AvgIpc) is 2.80. The Morgan fingerprint density at radius 2 is 1.80 bits per heavy atom. The zero-order valence-corrected chi connectivity index (χ0v) is 21.8. The van der Waals surface area contributed by atoms with E-state index in [2.05, 4.69) is 5.32 Å².